The SMILES string of the molecule is O=C1CCN(N2C(=O)c3ccc(CN4CC(=C5C=COc6cc(F)ccc65)C4)cc3C2=O)C(=O)N1. The molecule has 0 spiro atoms. The van der Waals surface area contributed by atoms with Crippen LogP contribution < -0.4 is 10.1 Å². The van der Waals surface area contributed by atoms with Crippen molar-refractivity contribution in [1.82, 2.24) is 20.2 Å². The number of carbonyl (C=O) groups excluding carboxylic acids is 4. The minimum atomic E-state index is -0.788. The summed E-state index contributed by atoms with van der Waals surface area (Å²) in [5.74, 6) is -1.47. The molecule has 2 aromatic carbocycles. The van der Waals surface area contributed by atoms with Gasteiger partial charge < -0.3 is 4.74 Å². The largest absolute Gasteiger partial charge is 0.464 e. The van der Waals surface area contributed by atoms with E-state index in [9.17, 15) is 23.6 Å². The summed E-state index contributed by atoms with van der Waals surface area (Å²) in [6.45, 7) is 1.94. The lowest BCUT2D eigenvalue weighted by Gasteiger charge is -2.36. The Balaban J connectivity index is 1.17. The zero-order valence-electron chi connectivity index (χ0n) is 18.4. The first-order valence-corrected chi connectivity index (χ1v) is 11.1. The van der Waals surface area contributed by atoms with Crippen molar-refractivity contribution in [2.24, 2.45) is 0 Å². The Hall–Kier alpha value is -4.31. The molecule has 2 fully saturated rings. The number of rotatable bonds is 3. The Bertz CT molecular complexity index is 1390. The lowest BCUT2D eigenvalue weighted by Crippen LogP contribution is -2.58. The van der Waals surface area contributed by atoms with Crippen LogP contribution in [0.25, 0.3) is 5.57 Å². The van der Waals surface area contributed by atoms with E-state index in [2.05, 4.69) is 10.2 Å². The van der Waals surface area contributed by atoms with Crippen molar-refractivity contribution < 1.29 is 28.3 Å². The van der Waals surface area contributed by atoms with Crippen molar-refractivity contribution in [3.05, 3.63) is 82.4 Å². The summed E-state index contributed by atoms with van der Waals surface area (Å²) in [7, 11) is 0. The Morgan fingerprint density at radius 3 is 2.51 bits per heavy atom. The molecule has 0 aliphatic carbocycles. The quantitative estimate of drug-likeness (QED) is 0.687. The molecular weight excluding hydrogens is 455 g/mol. The maximum Gasteiger partial charge on any atom is 0.343 e. The number of hydrogen-bond donors (Lipinski definition) is 1. The van der Waals surface area contributed by atoms with Gasteiger partial charge in [0.15, 0.2) is 0 Å². The van der Waals surface area contributed by atoms with E-state index in [0.717, 1.165) is 26.7 Å². The van der Waals surface area contributed by atoms with E-state index in [-0.39, 0.29) is 29.9 Å². The van der Waals surface area contributed by atoms with Gasteiger partial charge in [-0.15, -0.1) is 0 Å². The van der Waals surface area contributed by atoms with Crippen LogP contribution in [0.1, 0.15) is 38.3 Å². The number of amides is 5. The number of likely N-dealkylation sites (tertiary alicyclic amines) is 1. The number of hydrazine groups is 1. The van der Waals surface area contributed by atoms with E-state index in [0.29, 0.717) is 25.4 Å². The number of carbonyl (C=O) groups is 4. The van der Waals surface area contributed by atoms with Crippen molar-refractivity contribution >= 4 is 29.3 Å². The second-order valence-corrected chi connectivity index (χ2v) is 8.75. The van der Waals surface area contributed by atoms with Crippen molar-refractivity contribution in [3.63, 3.8) is 0 Å². The lowest BCUT2D eigenvalue weighted by atomic mass is 9.92. The fourth-order valence-corrected chi connectivity index (χ4v) is 4.76. The van der Waals surface area contributed by atoms with Crippen molar-refractivity contribution in [2.45, 2.75) is 13.0 Å². The van der Waals surface area contributed by atoms with Gasteiger partial charge in [0.25, 0.3) is 11.8 Å². The summed E-state index contributed by atoms with van der Waals surface area (Å²) in [6.07, 6.45) is 3.45. The molecule has 4 aliphatic heterocycles. The lowest BCUT2D eigenvalue weighted by molar-refractivity contribution is -0.122. The van der Waals surface area contributed by atoms with E-state index in [1.54, 1.807) is 30.5 Å². The Morgan fingerprint density at radius 1 is 0.943 bits per heavy atom. The molecule has 35 heavy (non-hydrogen) atoms. The van der Waals surface area contributed by atoms with Crippen LogP contribution in [-0.2, 0) is 11.3 Å². The average Bonchev–Trinajstić information content (AvgIpc) is 3.05. The molecule has 5 amide bonds. The van der Waals surface area contributed by atoms with Gasteiger partial charge in [0.2, 0.25) is 5.91 Å². The van der Waals surface area contributed by atoms with Crippen LogP contribution >= 0.6 is 0 Å². The molecule has 0 unspecified atom stereocenters. The van der Waals surface area contributed by atoms with Gasteiger partial charge in [-0.3, -0.25) is 24.6 Å². The van der Waals surface area contributed by atoms with Gasteiger partial charge in [-0.25, -0.2) is 14.2 Å². The average molecular weight is 474 g/mol. The Morgan fingerprint density at radius 2 is 1.71 bits per heavy atom. The van der Waals surface area contributed by atoms with Gasteiger partial charge in [-0.05, 0) is 47.1 Å². The highest BCUT2D eigenvalue weighted by atomic mass is 19.1. The van der Waals surface area contributed by atoms with Crippen LogP contribution in [0.15, 0.2) is 54.3 Å². The standard InChI is InChI=1S/C25H19FN4O5/c26-16-2-4-18-17(6-8-35-21(18)10-16)15-12-28(13-15)11-14-1-3-19-20(9-14)24(33)30(23(19)32)29-7-5-22(31)27-25(29)34/h1-4,6,8-10H,5,7,11-13H2,(H,27,31,34). The number of halogens is 1. The third-order valence-corrected chi connectivity index (χ3v) is 6.48. The Kier molecular flexibility index (Phi) is 4.78. The van der Waals surface area contributed by atoms with Gasteiger partial charge in [0, 0.05) is 37.7 Å². The molecule has 0 radical (unpaired) electrons. The molecule has 10 heteroatoms. The highest BCUT2D eigenvalue weighted by Crippen LogP contribution is 2.37. The minimum absolute atomic E-state index is 0.0118. The van der Waals surface area contributed by atoms with Gasteiger partial charge in [0.1, 0.15) is 11.6 Å². The van der Waals surface area contributed by atoms with E-state index in [1.165, 1.54) is 17.7 Å². The molecule has 176 valence electrons. The number of imide groups is 2. The van der Waals surface area contributed by atoms with Crippen LogP contribution in [0, 0.1) is 5.82 Å². The number of nitrogens with one attached hydrogen (secondary N) is 1. The fraction of sp³-hybridized carbons (Fsp3) is 0.200. The fourth-order valence-electron chi connectivity index (χ4n) is 4.76. The number of urea groups is 1. The van der Waals surface area contributed by atoms with Gasteiger partial charge >= 0.3 is 6.03 Å². The first-order valence-electron chi connectivity index (χ1n) is 11.1. The van der Waals surface area contributed by atoms with Crippen molar-refractivity contribution in [3.8, 4) is 5.75 Å². The third-order valence-electron chi connectivity index (χ3n) is 6.48. The van der Waals surface area contributed by atoms with E-state index in [4.69, 9.17) is 4.74 Å². The highest BCUT2D eigenvalue weighted by Gasteiger charge is 2.43. The zero-order valence-corrected chi connectivity index (χ0v) is 18.4. The first kappa shape index (κ1) is 21.2. The highest BCUT2D eigenvalue weighted by molar-refractivity contribution is 6.22. The van der Waals surface area contributed by atoms with Crippen LogP contribution in [0.2, 0.25) is 0 Å². The number of nitrogens with zero attached hydrogens (tertiary/aromatic N) is 3. The molecule has 2 aromatic rings. The molecule has 9 nitrogen and oxygen atoms in total. The van der Waals surface area contributed by atoms with Crippen LogP contribution in [0.4, 0.5) is 9.18 Å². The minimum Gasteiger partial charge on any atom is -0.464 e. The maximum atomic E-state index is 13.5. The van der Waals surface area contributed by atoms with Crippen LogP contribution in [0.3, 0.4) is 0 Å². The first-order chi connectivity index (χ1) is 16.9. The molecule has 0 saturated carbocycles. The third kappa shape index (κ3) is 3.50. The van der Waals surface area contributed by atoms with Crippen molar-refractivity contribution in [1.29, 1.82) is 0 Å². The van der Waals surface area contributed by atoms with Crippen LogP contribution in [0.5, 0.6) is 5.75 Å². The molecule has 2 saturated heterocycles. The topological polar surface area (TPSA) is 99.3 Å². The number of benzene rings is 2. The number of hydrogen-bond acceptors (Lipinski definition) is 6. The zero-order chi connectivity index (χ0) is 24.3. The van der Waals surface area contributed by atoms with Crippen LogP contribution in [-0.4, -0.2) is 58.3 Å². The molecule has 4 aliphatic rings. The summed E-state index contributed by atoms with van der Waals surface area (Å²) >= 11 is 0. The van der Waals surface area contributed by atoms with Gasteiger partial charge in [-0.1, -0.05) is 6.07 Å². The molecule has 0 atom stereocenters. The summed E-state index contributed by atoms with van der Waals surface area (Å²) in [6, 6.07) is 8.78. The molecule has 4 heterocycles. The molecule has 1 N–H and O–H groups in total. The van der Waals surface area contributed by atoms with E-state index in [1.807, 2.05) is 6.08 Å². The number of ether oxygens (including phenoxy) is 1. The van der Waals surface area contributed by atoms with E-state index < -0.39 is 23.8 Å². The van der Waals surface area contributed by atoms with Gasteiger partial charge in [-0.2, -0.15) is 5.01 Å². The summed E-state index contributed by atoms with van der Waals surface area (Å²) in [4.78, 5) is 51.6. The predicted octanol–water partition coefficient (Wildman–Crippen LogP) is 2.45. The second-order valence-electron chi connectivity index (χ2n) is 8.75. The number of fused-ring (bicyclic) bond motifs is 2. The molecule has 6 rings (SSSR count). The molecule has 0 aromatic heterocycles. The predicted molar refractivity (Wildman–Crippen MR) is 120 cm³/mol. The summed E-state index contributed by atoms with van der Waals surface area (Å²) in [5.41, 5.74) is 4.39. The smallest absolute Gasteiger partial charge is 0.343 e. The van der Waals surface area contributed by atoms with Gasteiger partial charge in [0.05, 0.1) is 23.9 Å². The normalized spacial score (nSPS) is 19.5. The monoisotopic (exact) mass is 474 g/mol. The summed E-state index contributed by atoms with van der Waals surface area (Å²) in [5, 5.41) is 3.91. The summed E-state index contributed by atoms with van der Waals surface area (Å²) < 4.78 is 18.9. The second kappa shape index (κ2) is 7.88. The Labute approximate surface area is 199 Å². The maximum absolute atomic E-state index is 13.5. The molecular formula is C25H19FN4O5. The van der Waals surface area contributed by atoms with Crippen molar-refractivity contribution in [2.75, 3.05) is 19.6 Å². The van der Waals surface area contributed by atoms with E-state index >= 15 is 0 Å². The number of allylic oxidation sites excluding steroid dienone is 2. The molecule has 0 bridgehead atoms.